The van der Waals surface area contributed by atoms with Crippen molar-refractivity contribution in [1.82, 2.24) is 0 Å². The summed E-state index contributed by atoms with van der Waals surface area (Å²) in [5.74, 6) is -11.1. The molecule has 0 aliphatic carbocycles. The van der Waals surface area contributed by atoms with Crippen LogP contribution in [0.5, 0.6) is 5.75 Å². The molecule has 1 atom stereocenters. The lowest BCUT2D eigenvalue weighted by molar-refractivity contribution is -0.125. The van der Waals surface area contributed by atoms with E-state index < -0.39 is 58.0 Å². The molecule has 3 nitrogen and oxygen atoms in total. The highest BCUT2D eigenvalue weighted by molar-refractivity contribution is 6.01. The van der Waals surface area contributed by atoms with E-state index in [2.05, 4.69) is 5.92 Å². The average molecular weight is 385 g/mol. The first-order valence-corrected chi connectivity index (χ1v) is 7.45. The second-order valence-corrected chi connectivity index (χ2v) is 5.63. The van der Waals surface area contributed by atoms with Crippen molar-refractivity contribution in [2.45, 2.75) is 13.0 Å². The van der Waals surface area contributed by atoms with Crippen molar-refractivity contribution in [3.05, 3.63) is 47.0 Å². The number of benzene rings is 2. The highest BCUT2D eigenvalue weighted by Crippen LogP contribution is 2.41. The van der Waals surface area contributed by atoms with Crippen LogP contribution in [0.3, 0.4) is 0 Å². The Hall–Kier alpha value is -3.15. The van der Waals surface area contributed by atoms with Crippen LogP contribution in [0.1, 0.15) is 6.92 Å². The first kappa shape index (κ1) is 18.6. The molecule has 0 saturated heterocycles. The summed E-state index contributed by atoms with van der Waals surface area (Å²) in [6, 6.07) is 1.44. The van der Waals surface area contributed by atoms with E-state index in [0.29, 0.717) is 6.07 Å². The smallest absolute Gasteiger partial charge is 0.268 e. The number of rotatable bonds is 2. The first-order chi connectivity index (χ1) is 12.7. The fraction of sp³-hybridized carbons (Fsp3) is 0.167. The molecule has 27 heavy (non-hydrogen) atoms. The maximum atomic E-state index is 14.4. The Morgan fingerprint density at radius 1 is 1.04 bits per heavy atom. The summed E-state index contributed by atoms with van der Waals surface area (Å²) >= 11 is 0. The number of ether oxygens (including phenoxy) is 1. The van der Waals surface area contributed by atoms with Crippen LogP contribution < -0.4 is 9.64 Å². The van der Waals surface area contributed by atoms with E-state index in [1.165, 1.54) is 6.92 Å². The second-order valence-electron chi connectivity index (χ2n) is 5.63. The van der Waals surface area contributed by atoms with Crippen molar-refractivity contribution in [2.24, 2.45) is 0 Å². The zero-order valence-electron chi connectivity index (χ0n) is 13.5. The van der Waals surface area contributed by atoms with Crippen molar-refractivity contribution in [1.29, 1.82) is 0 Å². The number of halogens is 6. The molecule has 140 valence electrons. The van der Waals surface area contributed by atoms with Gasteiger partial charge in [-0.1, -0.05) is 5.92 Å². The Bertz CT molecular complexity index is 985. The third-order valence-electron chi connectivity index (χ3n) is 3.99. The largest absolute Gasteiger partial charge is 0.479 e. The summed E-state index contributed by atoms with van der Waals surface area (Å²) in [7, 11) is 0. The van der Waals surface area contributed by atoms with E-state index in [1.54, 1.807) is 0 Å². The molecule has 0 radical (unpaired) electrons. The van der Waals surface area contributed by atoms with Gasteiger partial charge in [0.15, 0.2) is 29.4 Å². The van der Waals surface area contributed by atoms with Gasteiger partial charge in [-0.15, -0.1) is 6.42 Å². The Labute approximate surface area is 149 Å². The van der Waals surface area contributed by atoms with E-state index in [4.69, 9.17) is 11.2 Å². The van der Waals surface area contributed by atoms with E-state index in [-0.39, 0.29) is 18.0 Å². The van der Waals surface area contributed by atoms with Crippen LogP contribution in [0.25, 0.3) is 11.1 Å². The van der Waals surface area contributed by atoms with E-state index >= 15 is 0 Å². The van der Waals surface area contributed by atoms with Gasteiger partial charge in [0.2, 0.25) is 5.82 Å². The van der Waals surface area contributed by atoms with Gasteiger partial charge in [0.05, 0.1) is 17.8 Å². The quantitative estimate of drug-likeness (QED) is 0.339. The second kappa shape index (κ2) is 6.54. The zero-order valence-corrected chi connectivity index (χ0v) is 13.5. The van der Waals surface area contributed by atoms with Gasteiger partial charge in [-0.3, -0.25) is 9.69 Å². The van der Waals surface area contributed by atoms with Gasteiger partial charge in [0.25, 0.3) is 5.91 Å². The van der Waals surface area contributed by atoms with Gasteiger partial charge in [-0.05, 0) is 13.0 Å². The number of hydrogen-bond donors (Lipinski definition) is 0. The van der Waals surface area contributed by atoms with Crippen molar-refractivity contribution < 1.29 is 35.9 Å². The molecule has 9 heteroatoms. The number of nitrogens with zero attached hydrogens (tertiary/aromatic N) is 1. The molecule has 0 spiro atoms. The van der Waals surface area contributed by atoms with E-state index in [0.717, 1.165) is 11.0 Å². The molecule has 0 aromatic heterocycles. The van der Waals surface area contributed by atoms with Crippen molar-refractivity contribution in [3.63, 3.8) is 0 Å². The average Bonchev–Trinajstić information content (AvgIpc) is 2.63. The lowest BCUT2D eigenvalue weighted by atomic mass is 10.0. The number of amides is 1. The van der Waals surface area contributed by atoms with Crippen molar-refractivity contribution in [3.8, 4) is 29.2 Å². The van der Waals surface area contributed by atoms with Gasteiger partial charge >= 0.3 is 0 Å². The van der Waals surface area contributed by atoms with Crippen LogP contribution in [-0.2, 0) is 4.79 Å². The molecule has 0 N–H and O–H groups in total. The molecule has 0 bridgehead atoms. The molecule has 1 amide bonds. The molecule has 0 saturated carbocycles. The number of carbonyl (C=O) groups excluding carboxylic acids is 1. The van der Waals surface area contributed by atoms with Gasteiger partial charge in [0.1, 0.15) is 11.6 Å². The number of carbonyl (C=O) groups is 1. The van der Waals surface area contributed by atoms with Gasteiger partial charge < -0.3 is 4.74 Å². The van der Waals surface area contributed by atoms with Crippen LogP contribution in [0.15, 0.2) is 12.1 Å². The summed E-state index contributed by atoms with van der Waals surface area (Å²) in [5.41, 5.74) is -2.55. The van der Waals surface area contributed by atoms with Crippen LogP contribution >= 0.6 is 0 Å². The van der Waals surface area contributed by atoms with Crippen molar-refractivity contribution in [2.75, 3.05) is 11.4 Å². The number of anilines is 1. The maximum Gasteiger partial charge on any atom is 0.268 e. The standard InChI is InChI=1S/C18H9F6NO2/c1-3-4-25-10-5-8(9(19)6-11(10)27-7(2)18(25)26)12-13(20)15(22)17(24)16(23)14(12)21/h1,5-7H,4H2,2H3/t7-/m0/s1. The topological polar surface area (TPSA) is 29.5 Å². The molecular weight excluding hydrogens is 376 g/mol. The normalized spacial score (nSPS) is 16.0. The predicted molar refractivity (Wildman–Crippen MR) is 82.9 cm³/mol. The third kappa shape index (κ3) is 2.77. The fourth-order valence-electron chi connectivity index (χ4n) is 2.72. The fourth-order valence-corrected chi connectivity index (χ4v) is 2.72. The lowest BCUT2D eigenvalue weighted by Gasteiger charge is -2.32. The summed E-state index contributed by atoms with van der Waals surface area (Å²) < 4.78 is 87.9. The van der Waals surface area contributed by atoms with Crippen LogP contribution in [0.2, 0.25) is 0 Å². The number of hydrogen-bond acceptors (Lipinski definition) is 2. The summed E-state index contributed by atoms with van der Waals surface area (Å²) in [6.45, 7) is 1.10. The molecule has 2 aromatic rings. The molecule has 0 unspecified atom stereocenters. The number of terminal acetylenes is 1. The zero-order chi connectivity index (χ0) is 20.0. The SMILES string of the molecule is C#CCN1C(=O)[C@H](C)Oc2cc(F)c(-c3c(F)c(F)c(F)c(F)c3F)cc21. The Balaban J connectivity index is 2.30. The van der Waals surface area contributed by atoms with Crippen LogP contribution in [-0.4, -0.2) is 18.6 Å². The van der Waals surface area contributed by atoms with Gasteiger partial charge in [-0.2, -0.15) is 0 Å². The van der Waals surface area contributed by atoms with Crippen LogP contribution in [0, 0.1) is 47.2 Å². The van der Waals surface area contributed by atoms with E-state index in [9.17, 15) is 31.1 Å². The Morgan fingerprint density at radius 3 is 2.15 bits per heavy atom. The lowest BCUT2D eigenvalue weighted by Crippen LogP contribution is -2.44. The molecule has 1 aliphatic heterocycles. The Kier molecular flexibility index (Phi) is 4.51. The minimum absolute atomic E-state index is 0.156. The molecule has 1 heterocycles. The van der Waals surface area contributed by atoms with Crippen molar-refractivity contribution >= 4 is 11.6 Å². The highest BCUT2D eigenvalue weighted by atomic mass is 19.2. The summed E-state index contributed by atoms with van der Waals surface area (Å²) in [4.78, 5) is 13.2. The van der Waals surface area contributed by atoms with Crippen LogP contribution in [0.4, 0.5) is 32.0 Å². The number of fused-ring (bicyclic) bond motifs is 1. The van der Waals surface area contributed by atoms with E-state index in [1.807, 2.05) is 0 Å². The monoisotopic (exact) mass is 385 g/mol. The third-order valence-corrected chi connectivity index (χ3v) is 3.99. The minimum atomic E-state index is -2.37. The first-order valence-electron chi connectivity index (χ1n) is 7.45. The minimum Gasteiger partial charge on any atom is -0.479 e. The predicted octanol–water partition coefficient (Wildman–Crippen LogP) is 3.94. The van der Waals surface area contributed by atoms with Gasteiger partial charge in [0, 0.05) is 11.6 Å². The summed E-state index contributed by atoms with van der Waals surface area (Å²) in [5, 5.41) is 0. The molecular formula is C18H9F6NO2. The molecule has 3 rings (SSSR count). The molecule has 2 aromatic carbocycles. The molecule has 1 aliphatic rings. The Morgan fingerprint density at radius 2 is 1.59 bits per heavy atom. The highest BCUT2D eigenvalue weighted by Gasteiger charge is 2.34. The maximum absolute atomic E-state index is 14.4. The van der Waals surface area contributed by atoms with Gasteiger partial charge in [-0.25, -0.2) is 26.3 Å². The molecule has 0 fully saturated rings. The summed E-state index contributed by atoms with van der Waals surface area (Å²) in [6.07, 6.45) is 4.18.